The van der Waals surface area contributed by atoms with Crippen molar-refractivity contribution < 1.29 is 4.79 Å². The maximum Gasteiger partial charge on any atom is 0.256 e. The molecule has 6 nitrogen and oxygen atoms in total. The van der Waals surface area contributed by atoms with E-state index in [1.807, 2.05) is 24.3 Å². The maximum atomic E-state index is 12.9. The number of benzene rings is 2. The van der Waals surface area contributed by atoms with E-state index in [0.717, 1.165) is 11.3 Å². The lowest BCUT2D eigenvalue weighted by molar-refractivity contribution is 0.0965. The lowest BCUT2D eigenvalue weighted by Gasteiger charge is -2.10. The van der Waals surface area contributed by atoms with Crippen LogP contribution in [0.3, 0.4) is 0 Å². The fourth-order valence-corrected chi connectivity index (χ4v) is 4.98. The first-order valence-corrected chi connectivity index (χ1v) is 11.5. The number of nitrogen functional groups attached to an aromatic ring is 1. The monoisotopic (exact) mass is 475 g/mol. The SMILES string of the molecule is CNC(=O)c1c(Nc2ccc(C(C)C)cc2)sc2c(-c3ccc(Cl)cc3)c(C#N)c(N)nc12. The zero-order valence-corrected chi connectivity index (χ0v) is 19.9. The molecule has 0 saturated heterocycles. The molecular weight excluding hydrogens is 454 g/mol. The van der Waals surface area contributed by atoms with Gasteiger partial charge in [-0.2, -0.15) is 5.26 Å². The molecule has 0 bridgehead atoms. The van der Waals surface area contributed by atoms with Gasteiger partial charge in [0.25, 0.3) is 5.91 Å². The van der Waals surface area contributed by atoms with Crippen LogP contribution in [0.15, 0.2) is 48.5 Å². The van der Waals surface area contributed by atoms with Gasteiger partial charge in [0, 0.05) is 23.3 Å². The number of rotatable bonds is 5. The Kier molecular flexibility index (Phi) is 6.23. The standard InChI is InChI=1S/C25H22ClN5OS/c1-13(2)14-6-10-17(11-7-14)30-25-20(24(32)29-3)21-22(33-25)19(18(12-27)23(28)31-21)15-4-8-16(26)9-5-15/h4-11,13,30H,1-3H3,(H2,28,31)(H,29,32). The van der Waals surface area contributed by atoms with Crippen molar-refractivity contribution >= 4 is 55.6 Å². The summed E-state index contributed by atoms with van der Waals surface area (Å²) in [5.74, 6) is 0.204. The highest BCUT2D eigenvalue weighted by Gasteiger charge is 2.25. The van der Waals surface area contributed by atoms with Gasteiger partial charge in [0.15, 0.2) is 0 Å². The second kappa shape index (κ2) is 9.10. The Morgan fingerprint density at radius 2 is 1.82 bits per heavy atom. The highest BCUT2D eigenvalue weighted by atomic mass is 35.5. The van der Waals surface area contributed by atoms with Crippen LogP contribution < -0.4 is 16.4 Å². The Hall–Kier alpha value is -3.60. The van der Waals surface area contributed by atoms with Crippen LogP contribution >= 0.6 is 22.9 Å². The Morgan fingerprint density at radius 1 is 1.15 bits per heavy atom. The van der Waals surface area contributed by atoms with Crippen LogP contribution in [0, 0.1) is 11.3 Å². The number of aromatic nitrogens is 1. The van der Waals surface area contributed by atoms with E-state index in [2.05, 4.69) is 47.7 Å². The van der Waals surface area contributed by atoms with Crippen LogP contribution in [0.4, 0.5) is 16.5 Å². The number of hydrogen-bond donors (Lipinski definition) is 3. The summed E-state index contributed by atoms with van der Waals surface area (Å²) in [7, 11) is 1.57. The molecule has 0 aliphatic rings. The number of carbonyl (C=O) groups is 1. The van der Waals surface area contributed by atoms with Crippen molar-refractivity contribution in [3.63, 3.8) is 0 Å². The summed E-state index contributed by atoms with van der Waals surface area (Å²) >= 11 is 7.43. The van der Waals surface area contributed by atoms with Crippen molar-refractivity contribution in [1.29, 1.82) is 5.26 Å². The molecule has 0 saturated carbocycles. The Morgan fingerprint density at radius 3 is 2.39 bits per heavy atom. The Labute approximate surface area is 201 Å². The largest absolute Gasteiger partial charge is 0.383 e. The molecule has 166 valence electrons. The van der Waals surface area contributed by atoms with E-state index in [1.165, 1.54) is 16.9 Å². The highest BCUT2D eigenvalue weighted by molar-refractivity contribution is 7.24. The third-order valence-corrected chi connectivity index (χ3v) is 6.75. The normalized spacial score (nSPS) is 10.9. The molecule has 0 aliphatic heterocycles. The number of carbonyl (C=O) groups excluding carboxylic acids is 1. The zero-order chi connectivity index (χ0) is 23.7. The highest BCUT2D eigenvalue weighted by Crippen LogP contribution is 2.44. The fraction of sp³-hybridized carbons (Fsp3) is 0.160. The first-order chi connectivity index (χ1) is 15.8. The minimum atomic E-state index is -0.291. The topological polar surface area (TPSA) is 104 Å². The van der Waals surface area contributed by atoms with Crippen molar-refractivity contribution in [2.75, 3.05) is 18.1 Å². The molecule has 1 amide bonds. The summed E-state index contributed by atoms with van der Waals surface area (Å²) in [4.78, 5) is 17.4. The van der Waals surface area contributed by atoms with Crippen LogP contribution in [0.1, 0.15) is 41.3 Å². The molecule has 0 atom stereocenters. The minimum absolute atomic E-state index is 0.0748. The lowest BCUT2D eigenvalue weighted by Crippen LogP contribution is -2.18. The van der Waals surface area contributed by atoms with E-state index in [0.29, 0.717) is 37.3 Å². The first-order valence-electron chi connectivity index (χ1n) is 10.3. The zero-order valence-electron chi connectivity index (χ0n) is 18.4. The number of anilines is 3. The smallest absolute Gasteiger partial charge is 0.256 e. The minimum Gasteiger partial charge on any atom is -0.383 e. The number of nitrogens with two attached hydrogens (primary N) is 1. The van der Waals surface area contributed by atoms with E-state index in [4.69, 9.17) is 17.3 Å². The fourth-order valence-electron chi connectivity index (χ4n) is 3.63. The van der Waals surface area contributed by atoms with E-state index in [-0.39, 0.29) is 17.3 Å². The van der Waals surface area contributed by atoms with Gasteiger partial charge in [-0.25, -0.2) is 4.98 Å². The molecule has 4 aromatic rings. The van der Waals surface area contributed by atoms with Gasteiger partial charge in [-0.05, 0) is 41.3 Å². The number of thiophene rings is 1. The van der Waals surface area contributed by atoms with E-state index < -0.39 is 0 Å². The van der Waals surface area contributed by atoms with E-state index in [1.54, 1.807) is 19.2 Å². The molecule has 2 aromatic carbocycles. The summed E-state index contributed by atoms with van der Waals surface area (Å²) in [6, 6.07) is 17.4. The lowest BCUT2D eigenvalue weighted by atomic mass is 10.00. The maximum absolute atomic E-state index is 12.9. The van der Waals surface area contributed by atoms with Crippen LogP contribution in [0.2, 0.25) is 5.02 Å². The molecule has 4 rings (SSSR count). The summed E-state index contributed by atoms with van der Waals surface area (Å²) < 4.78 is 0.697. The Balaban J connectivity index is 1.96. The average molecular weight is 476 g/mol. The quantitative estimate of drug-likeness (QED) is 0.314. The summed E-state index contributed by atoms with van der Waals surface area (Å²) in [5.41, 5.74) is 10.7. The van der Waals surface area contributed by atoms with Crippen molar-refractivity contribution in [2.45, 2.75) is 19.8 Å². The molecule has 0 aliphatic carbocycles. The van der Waals surface area contributed by atoms with Gasteiger partial charge in [0.1, 0.15) is 28.0 Å². The number of nitriles is 1. The van der Waals surface area contributed by atoms with Gasteiger partial charge in [0.05, 0.1) is 10.2 Å². The van der Waals surface area contributed by atoms with Gasteiger partial charge in [0.2, 0.25) is 0 Å². The van der Waals surface area contributed by atoms with Crippen molar-refractivity contribution in [3.8, 4) is 17.2 Å². The van der Waals surface area contributed by atoms with Crippen molar-refractivity contribution in [2.24, 2.45) is 0 Å². The second-order valence-corrected chi connectivity index (χ2v) is 9.29. The number of halogens is 1. The number of nitrogens with zero attached hydrogens (tertiary/aromatic N) is 2. The molecule has 4 N–H and O–H groups in total. The van der Waals surface area contributed by atoms with Gasteiger partial charge >= 0.3 is 0 Å². The number of hydrogen-bond acceptors (Lipinski definition) is 6. The van der Waals surface area contributed by atoms with E-state index >= 15 is 0 Å². The molecule has 33 heavy (non-hydrogen) atoms. The third kappa shape index (κ3) is 4.23. The number of nitrogens with one attached hydrogen (secondary N) is 2. The van der Waals surface area contributed by atoms with Gasteiger partial charge < -0.3 is 16.4 Å². The molecule has 0 fully saturated rings. The molecule has 8 heteroatoms. The molecule has 0 unspecified atom stereocenters. The number of fused-ring (bicyclic) bond motifs is 1. The second-order valence-electron chi connectivity index (χ2n) is 7.83. The third-order valence-electron chi connectivity index (χ3n) is 5.38. The molecule has 0 spiro atoms. The van der Waals surface area contributed by atoms with Gasteiger partial charge in [-0.3, -0.25) is 4.79 Å². The van der Waals surface area contributed by atoms with E-state index in [9.17, 15) is 10.1 Å². The van der Waals surface area contributed by atoms with Crippen LogP contribution in [-0.2, 0) is 0 Å². The molecule has 2 heterocycles. The summed E-state index contributed by atoms with van der Waals surface area (Å²) in [5, 5.41) is 17.1. The number of pyridine rings is 1. The summed E-state index contributed by atoms with van der Waals surface area (Å²) in [6.45, 7) is 4.28. The predicted molar refractivity (Wildman–Crippen MR) is 136 cm³/mol. The average Bonchev–Trinajstić information content (AvgIpc) is 3.15. The van der Waals surface area contributed by atoms with Crippen LogP contribution in [0.5, 0.6) is 0 Å². The molecule has 0 radical (unpaired) electrons. The van der Waals surface area contributed by atoms with Gasteiger partial charge in [-0.15, -0.1) is 11.3 Å². The van der Waals surface area contributed by atoms with Gasteiger partial charge in [-0.1, -0.05) is 49.7 Å². The summed E-state index contributed by atoms with van der Waals surface area (Å²) in [6.07, 6.45) is 0. The Bertz CT molecular complexity index is 1390. The first kappa shape index (κ1) is 22.6. The predicted octanol–water partition coefficient (Wildman–Crippen LogP) is 6.30. The van der Waals surface area contributed by atoms with Crippen molar-refractivity contribution in [1.82, 2.24) is 10.3 Å². The molecule has 2 aromatic heterocycles. The van der Waals surface area contributed by atoms with Crippen LogP contribution in [0.25, 0.3) is 21.3 Å². The van der Waals surface area contributed by atoms with Crippen molar-refractivity contribution in [3.05, 3.63) is 70.2 Å². The van der Waals surface area contributed by atoms with Crippen LogP contribution in [-0.4, -0.2) is 17.9 Å². The number of amides is 1. The molecular formula is C25H22ClN5OS.